The molecule has 1 saturated carbocycles. The Hall–Kier alpha value is -1.58. The molecule has 0 saturated heterocycles. The molecule has 2 N–H and O–H groups in total. The quantitative estimate of drug-likeness (QED) is 0.862. The van der Waals surface area contributed by atoms with Crippen LogP contribution >= 0.6 is 0 Å². The predicted octanol–water partition coefficient (Wildman–Crippen LogP) is 2.43. The van der Waals surface area contributed by atoms with Crippen LogP contribution in [0.1, 0.15) is 43.0 Å². The van der Waals surface area contributed by atoms with Crippen LogP contribution in [0.15, 0.2) is 18.3 Å². The number of nitrogens with one attached hydrogen (secondary N) is 2. The van der Waals surface area contributed by atoms with Crippen molar-refractivity contribution in [2.75, 3.05) is 12.4 Å². The van der Waals surface area contributed by atoms with E-state index in [-0.39, 0.29) is 5.91 Å². The van der Waals surface area contributed by atoms with Crippen molar-refractivity contribution in [1.29, 1.82) is 0 Å². The Morgan fingerprint density at radius 2 is 2.17 bits per heavy atom. The Kier molecular flexibility index (Phi) is 4.18. The summed E-state index contributed by atoms with van der Waals surface area (Å²) in [5, 5.41) is 6.09. The summed E-state index contributed by atoms with van der Waals surface area (Å²) >= 11 is 0. The van der Waals surface area contributed by atoms with Crippen molar-refractivity contribution in [2.24, 2.45) is 5.92 Å². The zero-order chi connectivity index (χ0) is 13.0. The van der Waals surface area contributed by atoms with Gasteiger partial charge in [0.25, 0.3) is 5.91 Å². The molecular weight excluding hydrogens is 226 g/mol. The molecule has 0 aliphatic heterocycles. The fourth-order valence-corrected chi connectivity index (χ4v) is 2.56. The third kappa shape index (κ3) is 2.81. The highest BCUT2D eigenvalue weighted by Crippen LogP contribution is 2.24. The number of hydrogen-bond acceptors (Lipinski definition) is 3. The maximum atomic E-state index is 12.2. The first-order valence-electron chi connectivity index (χ1n) is 6.66. The van der Waals surface area contributed by atoms with Gasteiger partial charge in [-0.25, -0.2) is 4.98 Å². The lowest BCUT2D eigenvalue weighted by Gasteiger charge is -2.29. The van der Waals surface area contributed by atoms with Crippen molar-refractivity contribution < 1.29 is 4.79 Å². The molecule has 1 aromatic rings. The van der Waals surface area contributed by atoms with E-state index in [0.717, 1.165) is 6.42 Å². The van der Waals surface area contributed by atoms with Gasteiger partial charge in [-0.05, 0) is 30.9 Å². The molecule has 1 aromatic heterocycles. The van der Waals surface area contributed by atoms with E-state index >= 15 is 0 Å². The lowest BCUT2D eigenvalue weighted by Crippen LogP contribution is -2.41. The second-order valence-corrected chi connectivity index (χ2v) is 4.99. The molecule has 98 valence electrons. The van der Waals surface area contributed by atoms with Crippen LogP contribution in [-0.2, 0) is 0 Å². The maximum Gasteiger partial charge on any atom is 0.255 e. The highest BCUT2D eigenvalue weighted by atomic mass is 16.1. The summed E-state index contributed by atoms with van der Waals surface area (Å²) in [6.45, 7) is 2.21. The second kappa shape index (κ2) is 5.85. The summed E-state index contributed by atoms with van der Waals surface area (Å²) in [6, 6.07) is 3.90. The van der Waals surface area contributed by atoms with E-state index in [2.05, 4.69) is 22.5 Å². The van der Waals surface area contributed by atoms with Crippen molar-refractivity contribution >= 4 is 11.7 Å². The Bertz CT molecular complexity index is 419. The van der Waals surface area contributed by atoms with Gasteiger partial charge in [0.05, 0.1) is 5.56 Å². The molecule has 1 amide bonds. The van der Waals surface area contributed by atoms with Gasteiger partial charge in [-0.2, -0.15) is 0 Å². The van der Waals surface area contributed by atoms with Crippen molar-refractivity contribution in [3.8, 4) is 0 Å². The van der Waals surface area contributed by atoms with Crippen LogP contribution in [-0.4, -0.2) is 24.0 Å². The van der Waals surface area contributed by atoms with Crippen LogP contribution in [0, 0.1) is 5.92 Å². The van der Waals surface area contributed by atoms with Gasteiger partial charge in [-0.15, -0.1) is 0 Å². The van der Waals surface area contributed by atoms with E-state index in [1.807, 2.05) is 6.07 Å². The molecule has 0 bridgehead atoms. The van der Waals surface area contributed by atoms with Gasteiger partial charge in [-0.3, -0.25) is 4.79 Å². The summed E-state index contributed by atoms with van der Waals surface area (Å²) in [5.74, 6) is 1.18. The van der Waals surface area contributed by atoms with E-state index < -0.39 is 0 Å². The van der Waals surface area contributed by atoms with Crippen LogP contribution in [0.25, 0.3) is 0 Å². The summed E-state index contributed by atoms with van der Waals surface area (Å²) in [6.07, 6.45) is 6.47. The van der Waals surface area contributed by atoms with Crippen LogP contribution < -0.4 is 10.6 Å². The monoisotopic (exact) mass is 247 g/mol. The zero-order valence-electron chi connectivity index (χ0n) is 11.1. The number of pyridine rings is 1. The number of rotatable bonds is 3. The van der Waals surface area contributed by atoms with Gasteiger partial charge in [-0.1, -0.05) is 19.8 Å². The van der Waals surface area contributed by atoms with Crippen molar-refractivity contribution in [3.63, 3.8) is 0 Å². The number of carbonyl (C=O) groups excluding carboxylic acids is 1. The molecule has 1 fully saturated rings. The molecule has 2 rings (SSSR count). The van der Waals surface area contributed by atoms with Crippen molar-refractivity contribution in [2.45, 2.75) is 38.6 Å². The molecule has 0 aromatic carbocycles. The molecule has 0 radical (unpaired) electrons. The number of anilines is 1. The summed E-state index contributed by atoms with van der Waals surface area (Å²) in [5.41, 5.74) is 0.623. The van der Waals surface area contributed by atoms with Crippen LogP contribution in [0.3, 0.4) is 0 Å². The smallest absolute Gasteiger partial charge is 0.255 e. The second-order valence-electron chi connectivity index (χ2n) is 4.99. The molecular formula is C14H21N3O. The summed E-state index contributed by atoms with van der Waals surface area (Å²) < 4.78 is 0. The number of nitrogens with zero attached hydrogens (tertiary/aromatic N) is 1. The fraction of sp³-hybridized carbons (Fsp3) is 0.571. The molecule has 1 heterocycles. The number of aromatic nitrogens is 1. The largest absolute Gasteiger partial charge is 0.372 e. The lowest BCUT2D eigenvalue weighted by atomic mass is 9.86. The minimum Gasteiger partial charge on any atom is -0.372 e. The minimum atomic E-state index is -0.0220. The third-order valence-corrected chi connectivity index (χ3v) is 3.72. The molecule has 1 aliphatic rings. The van der Waals surface area contributed by atoms with E-state index in [4.69, 9.17) is 0 Å². The van der Waals surface area contributed by atoms with Gasteiger partial charge in [0.2, 0.25) is 0 Å². The lowest BCUT2D eigenvalue weighted by molar-refractivity contribution is 0.0911. The third-order valence-electron chi connectivity index (χ3n) is 3.72. The number of hydrogen-bond donors (Lipinski definition) is 2. The highest BCUT2D eigenvalue weighted by Gasteiger charge is 2.24. The van der Waals surface area contributed by atoms with E-state index in [9.17, 15) is 4.79 Å². The number of amides is 1. The average molecular weight is 247 g/mol. The Morgan fingerprint density at radius 3 is 2.89 bits per heavy atom. The molecule has 2 atom stereocenters. The van der Waals surface area contributed by atoms with Gasteiger partial charge >= 0.3 is 0 Å². The molecule has 0 spiro atoms. The van der Waals surface area contributed by atoms with E-state index in [0.29, 0.717) is 23.3 Å². The average Bonchev–Trinajstić information content (AvgIpc) is 2.41. The topological polar surface area (TPSA) is 54.0 Å². The van der Waals surface area contributed by atoms with Gasteiger partial charge in [0.15, 0.2) is 0 Å². The first-order valence-corrected chi connectivity index (χ1v) is 6.66. The zero-order valence-corrected chi connectivity index (χ0v) is 11.1. The first-order chi connectivity index (χ1) is 8.72. The molecule has 18 heavy (non-hydrogen) atoms. The normalized spacial score (nSPS) is 23.4. The van der Waals surface area contributed by atoms with E-state index in [1.54, 1.807) is 19.3 Å². The summed E-state index contributed by atoms with van der Waals surface area (Å²) in [7, 11) is 1.78. The Morgan fingerprint density at radius 1 is 1.39 bits per heavy atom. The minimum absolute atomic E-state index is 0.0220. The first kappa shape index (κ1) is 12.9. The Balaban J connectivity index is 2.07. The van der Waals surface area contributed by atoms with Crippen LogP contribution in [0.4, 0.5) is 5.82 Å². The van der Waals surface area contributed by atoms with Crippen LogP contribution in [0.2, 0.25) is 0 Å². The van der Waals surface area contributed by atoms with Gasteiger partial charge < -0.3 is 10.6 Å². The Labute approximate surface area is 108 Å². The van der Waals surface area contributed by atoms with Gasteiger partial charge in [0, 0.05) is 19.3 Å². The fourth-order valence-electron chi connectivity index (χ4n) is 2.56. The van der Waals surface area contributed by atoms with Crippen molar-refractivity contribution in [1.82, 2.24) is 10.3 Å². The maximum absolute atomic E-state index is 12.2. The molecule has 4 heteroatoms. The van der Waals surface area contributed by atoms with Gasteiger partial charge in [0.1, 0.15) is 5.82 Å². The molecule has 1 aliphatic carbocycles. The molecule has 4 nitrogen and oxygen atoms in total. The molecule has 2 unspecified atom stereocenters. The van der Waals surface area contributed by atoms with E-state index in [1.165, 1.54) is 19.3 Å². The van der Waals surface area contributed by atoms with Crippen LogP contribution in [0.5, 0.6) is 0 Å². The summed E-state index contributed by atoms with van der Waals surface area (Å²) in [4.78, 5) is 16.4. The SMILES string of the molecule is CNc1ncccc1C(=O)NC1CCCCC1C. The number of carbonyl (C=O) groups is 1. The highest BCUT2D eigenvalue weighted by molar-refractivity contribution is 5.98. The standard InChI is InChI=1S/C14H21N3O/c1-10-6-3-4-8-12(10)17-14(18)11-7-5-9-16-13(11)15-2/h5,7,9-10,12H,3-4,6,8H2,1-2H3,(H,15,16)(H,17,18). The predicted molar refractivity (Wildman–Crippen MR) is 72.7 cm³/mol. The van der Waals surface area contributed by atoms with Crippen molar-refractivity contribution in [3.05, 3.63) is 23.9 Å².